The number of rotatable bonds is 3. The van der Waals surface area contributed by atoms with Crippen LogP contribution in [0, 0.1) is 13.8 Å². The van der Waals surface area contributed by atoms with Gasteiger partial charge in [-0.1, -0.05) is 0 Å². The van der Waals surface area contributed by atoms with E-state index in [2.05, 4.69) is 24.4 Å². The van der Waals surface area contributed by atoms with Gasteiger partial charge in [-0.3, -0.25) is 16.0 Å². The molecule has 0 saturated heterocycles. The summed E-state index contributed by atoms with van der Waals surface area (Å²) < 4.78 is 2.00. The molecule has 1 aromatic rings. The lowest BCUT2D eigenvalue weighted by Gasteiger charge is -2.10. The first-order chi connectivity index (χ1) is 6.11. The molecule has 0 aliphatic carbocycles. The number of hydrogen-bond donors (Lipinski definition) is 2. The van der Waals surface area contributed by atoms with Crippen LogP contribution in [0.15, 0.2) is 0 Å². The summed E-state index contributed by atoms with van der Waals surface area (Å²) in [7, 11) is 0. The molecule has 13 heavy (non-hydrogen) atoms. The van der Waals surface area contributed by atoms with Crippen LogP contribution in [0.25, 0.3) is 0 Å². The second-order valence-corrected chi connectivity index (χ2v) is 3.29. The number of nitrogens with one attached hydrogen (secondary N) is 1. The van der Waals surface area contributed by atoms with Gasteiger partial charge in [-0.2, -0.15) is 5.10 Å². The largest absolute Gasteiger partial charge is 0.271 e. The predicted octanol–water partition coefficient (Wildman–Crippen LogP) is 1.04. The Bertz CT molecular complexity index is 290. The molecular formula is C9H18N4. The average Bonchev–Trinajstić information content (AvgIpc) is 2.40. The number of nitrogens with zero attached hydrogens (tertiary/aromatic N) is 2. The Morgan fingerprint density at radius 2 is 2.15 bits per heavy atom. The van der Waals surface area contributed by atoms with Crippen molar-refractivity contribution in [2.45, 2.75) is 40.3 Å². The Labute approximate surface area is 79.1 Å². The van der Waals surface area contributed by atoms with Gasteiger partial charge in [0, 0.05) is 23.8 Å². The van der Waals surface area contributed by atoms with Crippen molar-refractivity contribution in [3.05, 3.63) is 17.0 Å². The summed E-state index contributed by atoms with van der Waals surface area (Å²) >= 11 is 0. The van der Waals surface area contributed by atoms with E-state index in [-0.39, 0.29) is 6.04 Å². The summed E-state index contributed by atoms with van der Waals surface area (Å²) in [5, 5.41) is 4.42. The van der Waals surface area contributed by atoms with E-state index in [1.165, 1.54) is 11.3 Å². The molecule has 0 radical (unpaired) electrons. The molecule has 1 rings (SSSR count). The molecule has 0 bridgehead atoms. The summed E-state index contributed by atoms with van der Waals surface area (Å²) in [5.74, 6) is 5.41. The zero-order chi connectivity index (χ0) is 10.0. The van der Waals surface area contributed by atoms with Crippen molar-refractivity contribution in [2.75, 3.05) is 0 Å². The molecule has 1 aromatic heterocycles. The van der Waals surface area contributed by atoms with E-state index in [0.717, 1.165) is 12.2 Å². The number of nitrogens with two attached hydrogens (primary N) is 1. The topological polar surface area (TPSA) is 55.9 Å². The van der Waals surface area contributed by atoms with E-state index in [0.29, 0.717) is 0 Å². The minimum Gasteiger partial charge on any atom is -0.271 e. The lowest BCUT2D eigenvalue weighted by atomic mass is 10.1. The zero-order valence-electron chi connectivity index (χ0n) is 8.76. The van der Waals surface area contributed by atoms with Crippen molar-refractivity contribution in [1.82, 2.24) is 15.2 Å². The standard InChI is InChI=1S/C9H18N4/c1-5-13-8(4)9(6(2)11-10)7(3)12-13/h6,11H,5,10H2,1-4H3. The Morgan fingerprint density at radius 3 is 2.54 bits per heavy atom. The number of hydrogen-bond acceptors (Lipinski definition) is 3. The summed E-state index contributed by atoms with van der Waals surface area (Å²) in [4.78, 5) is 0. The molecule has 0 aromatic carbocycles. The maximum atomic E-state index is 5.41. The monoisotopic (exact) mass is 182 g/mol. The molecule has 1 heterocycles. The molecule has 0 saturated carbocycles. The van der Waals surface area contributed by atoms with Crippen molar-refractivity contribution in [2.24, 2.45) is 5.84 Å². The predicted molar refractivity (Wildman–Crippen MR) is 53.1 cm³/mol. The van der Waals surface area contributed by atoms with Gasteiger partial charge in [0.15, 0.2) is 0 Å². The van der Waals surface area contributed by atoms with Crippen LogP contribution in [0.2, 0.25) is 0 Å². The molecule has 1 unspecified atom stereocenters. The van der Waals surface area contributed by atoms with Crippen LogP contribution in [-0.2, 0) is 6.54 Å². The summed E-state index contributed by atoms with van der Waals surface area (Å²) in [6, 6.07) is 0.167. The first kappa shape index (κ1) is 10.2. The molecule has 4 heteroatoms. The molecule has 0 amide bonds. The van der Waals surface area contributed by atoms with Crippen molar-refractivity contribution in [3.8, 4) is 0 Å². The third-order valence-electron chi connectivity index (χ3n) is 2.42. The molecule has 74 valence electrons. The minimum absolute atomic E-state index is 0.167. The van der Waals surface area contributed by atoms with E-state index in [1.54, 1.807) is 0 Å². The first-order valence-electron chi connectivity index (χ1n) is 4.61. The van der Waals surface area contributed by atoms with Gasteiger partial charge in [0.05, 0.1) is 5.69 Å². The van der Waals surface area contributed by atoms with Crippen LogP contribution in [-0.4, -0.2) is 9.78 Å². The van der Waals surface area contributed by atoms with Crippen LogP contribution in [0.3, 0.4) is 0 Å². The van der Waals surface area contributed by atoms with Gasteiger partial charge in [-0.05, 0) is 27.7 Å². The van der Waals surface area contributed by atoms with Gasteiger partial charge >= 0.3 is 0 Å². The van der Waals surface area contributed by atoms with Crippen molar-refractivity contribution >= 4 is 0 Å². The smallest absolute Gasteiger partial charge is 0.0644 e. The number of hydrazine groups is 1. The Balaban J connectivity index is 3.12. The van der Waals surface area contributed by atoms with Gasteiger partial charge in [-0.25, -0.2) is 0 Å². The van der Waals surface area contributed by atoms with Gasteiger partial charge in [0.2, 0.25) is 0 Å². The highest BCUT2D eigenvalue weighted by atomic mass is 15.3. The molecule has 0 fully saturated rings. The second kappa shape index (κ2) is 3.89. The van der Waals surface area contributed by atoms with E-state index in [9.17, 15) is 0 Å². The van der Waals surface area contributed by atoms with Crippen molar-refractivity contribution in [3.63, 3.8) is 0 Å². The van der Waals surface area contributed by atoms with Crippen LogP contribution in [0.1, 0.15) is 36.8 Å². The number of aryl methyl sites for hydroxylation is 2. The van der Waals surface area contributed by atoms with Crippen LogP contribution in [0.5, 0.6) is 0 Å². The second-order valence-electron chi connectivity index (χ2n) is 3.29. The molecule has 1 atom stereocenters. The van der Waals surface area contributed by atoms with Crippen LogP contribution >= 0.6 is 0 Å². The molecule has 4 nitrogen and oxygen atoms in total. The zero-order valence-corrected chi connectivity index (χ0v) is 8.76. The van der Waals surface area contributed by atoms with Gasteiger partial charge in [0.1, 0.15) is 0 Å². The van der Waals surface area contributed by atoms with Gasteiger partial charge < -0.3 is 0 Å². The minimum atomic E-state index is 0.167. The normalized spacial score (nSPS) is 13.3. The first-order valence-corrected chi connectivity index (χ1v) is 4.61. The van der Waals surface area contributed by atoms with Crippen LogP contribution < -0.4 is 11.3 Å². The average molecular weight is 182 g/mol. The number of aromatic nitrogens is 2. The Kier molecular flexibility index (Phi) is 3.06. The molecule has 3 N–H and O–H groups in total. The fraction of sp³-hybridized carbons (Fsp3) is 0.667. The quantitative estimate of drug-likeness (QED) is 0.542. The highest BCUT2D eigenvalue weighted by Gasteiger charge is 2.15. The lowest BCUT2D eigenvalue weighted by molar-refractivity contribution is 0.590. The van der Waals surface area contributed by atoms with Gasteiger partial charge in [-0.15, -0.1) is 0 Å². The summed E-state index contributed by atoms with van der Waals surface area (Å²) in [6.45, 7) is 9.12. The van der Waals surface area contributed by atoms with Crippen molar-refractivity contribution in [1.29, 1.82) is 0 Å². The molecule has 0 aliphatic rings. The van der Waals surface area contributed by atoms with Crippen molar-refractivity contribution < 1.29 is 0 Å². The third-order valence-corrected chi connectivity index (χ3v) is 2.42. The maximum absolute atomic E-state index is 5.41. The fourth-order valence-electron chi connectivity index (χ4n) is 1.73. The fourth-order valence-corrected chi connectivity index (χ4v) is 1.73. The summed E-state index contributed by atoms with van der Waals surface area (Å²) in [5.41, 5.74) is 6.22. The lowest BCUT2D eigenvalue weighted by Crippen LogP contribution is -2.26. The van der Waals surface area contributed by atoms with Crippen LogP contribution in [0.4, 0.5) is 0 Å². The SMILES string of the molecule is CCn1nc(C)c(C(C)NN)c1C. The highest BCUT2D eigenvalue weighted by Crippen LogP contribution is 2.20. The highest BCUT2D eigenvalue weighted by molar-refractivity contribution is 5.27. The molecule has 0 aliphatic heterocycles. The van der Waals surface area contributed by atoms with E-state index >= 15 is 0 Å². The Morgan fingerprint density at radius 1 is 1.54 bits per heavy atom. The third kappa shape index (κ3) is 1.73. The van der Waals surface area contributed by atoms with E-state index in [1.807, 2.05) is 18.5 Å². The van der Waals surface area contributed by atoms with E-state index < -0.39 is 0 Å². The maximum Gasteiger partial charge on any atom is 0.0644 e. The molecule has 0 spiro atoms. The van der Waals surface area contributed by atoms with Gasteiger partial charge in [0.25, 0.3) is 0 Å². The van der Waals surface area contributed by atoms with E-state index in [4.69, 9.17) is 5.84 Å². The molecular weight excluding hydrogens is 164 g/mol. The summed E-state index contributed by atoms with van der Waals surface area (Å²) in [6.07, 6.45) is 0. The Hall–Kier alpha value is -0.870.